The summed E-state index contributed by atoms with van der Waals surface area (Å²) in [4.78, 5) is 12.1. The number of hydrogen-bond acceptors (Lipinski definition) is 3. The van der Waals surface area contributed by atoms with Gasteiger partial charge in [-0.1, -0.05) is 23.7 Å². The highest BCUT2D eigenvalue weighted by Gasteiger charge is 2.15. The number of phenolic OH excluding ortho intramolecular Hbond substituents is 1. The first-order valence-corrected chi connectivity index (χ1v) is 6.50. The van der Waals surface area contributed by atoms with Crippen LogP contribution in [0, 0.1) is 0 Å². The summed E-state index contributed by atoms with van der Waals surface area (Å²) in [5, 5.41) is 12.9. The van der Waals surface area contributed by atoms with E-state index in [-0.39, 0.29) is 23.3 Å². The van der Waals surface area contributed by atoms with Gasteiger partial charge in [0.2, 0.25) is 0 Å². The number of nitrogens with two attached hydrogens (primary N) is 1. The Morgan fingerprint density at radius 2 is 2.05 bits per heavy atom. The molecule has 0 aliphatic rings. The standard InChI is InChI=1S/C15H15ClN2O2/c1-9(10-3-2-4-12(17)7-10)18-15(20)13-6-5-11(16)8-14(13)19/h2-9,19H,17H2,1H3,(H,18,20). The molecule has 0 aromatic heterocycles. The van der Waals surface area contributed by atoms with E-state index < -0.39 is 0 Å². The van der Waals surface area contributed by atoms with E-state index in [1.54, 1.807) is 18.2 Å². The minimum Gasteiger partial charge on any atom is -0.507 e. The molecule has 1 amide bonds. The molecule has 5 heteroatoms. The van der Waals surface area contributed by atoms with Crippen molar-refractivity contribution >= 4 is 23.2 Å². The number of halogens is 1. The lowest BCUT2D eigenvalue weighted by molar-refractivity contribution is 0.0937. The van der Waals surface area contributed by atoms with Gasteiger partial charge in [-0.05, 0) is 42.8 Å². The zero-order valence-electron chi connectivity index (χ0n) is 10.9. The Morgan fingerprint density at radius 3 is 2.70 bits per heavy atom. The molecular weight excluding hydrogens is 276 g/mol. The summed E-state index contributed by atoms with van der Waals surface area (Å²) in [6, 6.07) is 11.4. The molecule has 0 aliphatic heterocycles. The third kappa shape index (κ3) is 3.22. The Hall–Kier alpha value is -2.20. The highest BCUT2D eigenvalue weighted by Crippen LogP contribution is 2.23. The molecule has 20 heavy (non-hydrogen) atoms. The third-order valence-electron chi connectivity index (χ3n) is 2.96. The molecule has 4 N–H and O–H groups in total. The Balaban J connectivity index is 2.15. The molecule has 0 aliphatic carbocycles. The summed E-state index contributed by atoms with van der Waals surface area (Å²) >= 11 is 5.74. The summed E-state index contributed by atoms with van der Waals surface area (Å²) in [5.74, 6) is -0.510. The maximum atomic E-state index is 12.1. The number of hydrogen-bond donors (Lipinski definition) is 3. The van der Waals surface area contributed by atoms with Crippen molar-refractivity contribution < 1.29 is 9.90 Å². The van der Waals surface area contributed by atoms with Crippen molar-refractivity contribution in [1.29, 1.82) is 0 Å². The fourth-order valence-corrected chi connectivity index (χ4v) is 2.05. The smallest absolute Gasteiger partial charge is 0.255 e. The Kier molecular flexibility index (Phi) is 4.15. The normalized spacial score (nSPS) is 11.9. The second-order valence-electron chi connectivity index (χ2n) is 4.53. The maximum absolute atomic E-state index is 12.1. The molecule has 0 bridgehead atoms. The lowest BCUT2D eigenvalue weighted by Crippen LogP contribution is -2.26. The van der Waals surface area contributed by atoms with Crippen molar-refractivity contribution in [2.24, 2.45) is 0 Å². The van der Waals surface area contributed by atoms with Gasteiger partial charge in [0.15, 0.2) is 0 Å². The number of nitrogens with one attached hydrogen (secondary N) is 1. The molecule has 2 aromatic carbocycles. The molecule has 0 fully saturated rings. The van der Waals surface area contributed by atoms with Crippen LogP contribution in [0.2, 0.25) is 5.02 Å². The van der Waals surface area contributed by atoms with Gasteiger partial charge in [-0.15, -0.1) is 0 Å². The van der Waals surface area contributed by atoms with Gasteiger partial charge in [-0.25, -0.2) is 0 Å². The molecule has 104 valence electrons. The molecule has 0 saturated carbocycles. The van der Waals surface area contributed by atoms with Crippen molar-refractivity contribution in [3.8, 4) is 5.75 Å². The summed E-state index contributed by atoms with van der Waals surface area (Å²) in [5.41, 5.74) is 7.43. The lowest BCUT2D eigenvalue weighted by Gasteiger charge is -2.15. The molecule has 2 aromatic rings. The average Bonchev–Trinajstić information content (AvgIpc) is 2.38. The van der Waals surface area contributed by atoms with Gasteiger partial charge in [0, 0.05) is 10.7 Å². The fraction of sp³-hybridized carbons (Fsp3) is 0.133. The number of carbonyl (C=O) groups is 1. The number of aromatic hydroxyl groups is 1. The maximum Gasteiger partial charge on any atom is 0.255 e. The number of amides is 1. The van der Waals surface area contributed by atoms with Crippen LogP contribution in [0.25, 0.3) is 0 Å². The van der Waals surface area contributed by atoms with Crippen LogP contribution in [-0.4, -0.2) is 11.0 Å². The van der Waals surface area contributed by atoms with E-state index in [0.717, 1.165) is 5.56 Å². The molecule has 0 saturated heterocycles. The largest absolute Gasteiger partial charge is 0.507 e. The Bertz CT molecular complexity index is 644. The summed E-state index contributed by atoms with van der Waals surface area (Å²) in [6.45, 7) is 1.85. The number of carbonyl (C=O) groups excluding carboxylic acids is 1. The summed E-state index contributed by atoms with van der Waals surface area (Å²) < 4.78 is 0. The molecular formula is C15H15ClN2O2. The number of rotatable bonds is 3. The van der Waals surface area contributed by atoms with Gasteiger partial charge < -0.3 is 16.2 Å². The Morgan fingerprint density at radius 1 is 1.30 bits per heavy atom. The summed E-state index contributed by atoms with van der Waals surface area (Å²) in [6.07, 6.45) is 0. The average molecular weight is 291 g/mol. The topological polar surface area (TPSA) is 75.3 Å². The number of phenols is 1. The van der Waals surface area contributed by atoms with E-state index in [1.165, 1.54) is 12.1 Å². The SMILES string of the molecule is CC(NC(=O)c1ccc(Cl)cc1O)c1cccc(N)c1. The number of benzene rings is 2. The van der Waals surface area contributed by atoms with E-state index in [1.807, 2.05) is 19.1 Å². The minimum atomic E-state index is -0.367. The van der Waals surface area contributed by atoms with Crippen LogP contribution in [0.4, 0.5) is 5.69 Å². The van der Waals surface area contributed by atoms with Crippen LogP contribution >= 0.6 is 11.6 Å². The molecule has 4 nitrogen and oxygen atoms in total. The van der Waals surface area contributed by atoms with E-state index in [4.69, 9.17) is 17.3 Å². The van der Waals surface area contributed by atoms with Crippen molar-refractivity contribution in [3.63, 3.8) is 0 Å². The van der Waals surface area contributed by atoms with E-state index in [9.17, 15) is 9.90 Å². The van der Waals surface area contributed by atoms with Gasteiger partial charge in [-0.3, -0.25) is 4.79 Å². The van der Waals surface area contributed by atoms with Gasteiger partial charge >= 0.3 is 0 Å². The molecule has 1 unspecified atom stereocenters. The first-order chi connectivity index (χ1) is 9.47. The van der Waals surface area contributed by atoms with Crippen molar-refractivity contribution in [2.45, 2.75) is 13.0 Å². The quantitative estimate of drug-likeness (QED) is 0.760. The highest BCUT2D eigenvalue weighted by molar-refractivity contribution is 6.30. The Labute approximate surface area is 122 Å². The van der Waals surface area contributed by atoms with Gasteiger partial charge in [0.25, 0.3) is 5.91 Å². The predicted molar refractivity (Wildman–Crippen MR) is 79.9 cm³/mol. The van der Waals surface area contributed by atoms with Crippen LogP contribution < -0.4 is 11.1 Å². The highest BCUT2D eigenvalue weighted by atomic mass is 35.5. The van der Waals surface area contributed by atoms with Crippen LogP contribution in [-0.2, 0) is 0 Å². The lowest BCUT2D eigenvalue weighted by atomic mass is 10.1. The van der Waals surface area contributed by atoms with Gasteiger partial charge in [-0.2, -0.15) is 0 Å². The zero-order chi connectivity index (χ0) is 14.7. The van der Waals surface area contributed by atoms with Crippen LogP contribution in [0.15, 0.2) is 42.5 Å². The van der Waals surface area contributed by atoms with Crippen LogP contribution in [0.1, 0.15) is 28.9 Å². The number of nitrogen functional groups attached to an aromatic ring is 1. The minimum absolute atomic E-state index is 0.144. The second-order valence-corrected chi connectivity index (χ2v) is 4.96. The molecule has 0 radical (unpaired) electrons. The van der Waals surface area contributed by atoms with Crippen molar-refractivity contribution in [1.82, 2.24) is 5.32 Å². The summed E-state index contributed by atoms with van der Waals surface area (Å²) in [7, 11) is 0. The molecule has 0 heterocycles. The molecule has 2 rings (SSSR count). The fourth-order valence-electron chi connectivity index (χ4n) is 1.88. The second kappa shape index (κ2) is 5.84. The van der Waals surface area contributed by atoms with E-state index >= 15 is 0 Å². The van der Waals surface area contributed by atoms with Gasteiger partial charge in [0.1, 0.15) is 5.75 Å². The molecule has 1 atom stereocenters. The van der Waals surface area contributed by atoms with Crippen molar-refractivity contribution in [3.05, 3.63) is 58.6 Å². The van der Waals surface area contributed by atoms with Crippen molar-refractivity contribution in [2.75, 3.05) is 5.73 Å². The van der Waals surface area contributed by atoms with Crippen LogP contribution in [0.3, 0.4) is 0 Å². The zero-order valence-corrected chi connectivity index (χ0v) is 11.7. The first kappa shape index (κ1) is 14.2. The third-order valence-corrected chi connectivity index (χ3v) is 3.20. The first-order valence-electron chi connectivity index (χ1n) is 6.12. The van der Waals surface area contributed by atoms with E-state index in [2.05, 4.69) is 5.32 Å². The molecule has 0 spiro atoms. The van der Waals surface area contributed by atoms with E-state index in [0.29, 0.717) is 10.7 Å². The number of anilines is 1. The monoisotopic (exact) mass is 290 g/mol. The van der Waals surface area contributed by atoms with Gasteiger partial charge in [0.05, 0.1) is 11.6 Å². The van der Waals surface area contributed by atoms with Crippen LogP contribution in [0.5, 0.6) is 5.75 Å². The predicted octanol–water partition coefficient (Wildman–Crippen LogP) is 3.12.